The molecule has 1 aromatic rings. The van der Waals surface area contributed by atoms with Gasteiger partial charge in [-0.2, -0.15) is 0 Å². The highest BCUT2D eigenvalue weighted by molar-refractivity contribution is 5.96. The first kappa shape index (κ1) is 6.61. The largest absolute Gasteiger partial charge is 0.359 e. The number of aromatic amines is 1. The fraction of sp³-hybridized carbons (Fsp3) is 0.375. The lowest BCUT2D eigenvalue weighted by Gasteiger charge is -1.94. The smallest absolute Gasteiger partial charge is 0.180 e. The minimum absolute atomic E-state index is 0.218. The second kappa shape index (κ2) is 2.51. The van der Waals surface area contributed by atoms with E-state index in [1.807, 2.05) is 12.3 Å². The Balaban J connectivity index is 2.41. The highest BCUT2D eigenvalue weighted by Gasteiger charge is 2.14. The number of fused-ring (bicyclic) bond motifs is 1. The summed E-state index contributed by atoms with van der Waals surface area (Å²) in [4.78, 5) is 14.3. The van der Waals surface area contributed by atoms with Crippen LogP contribution in [0.1, 0.15) is 22.5 Å². The summed E-state index contributed by atoms with van der Waals surface area (Å²) in [6.07, 6.45) is 2.42. The molecular formula is C8H10N2O. The van der Waals surface area contributed by atoms with E-state index in [1.165, 1.54) is 0 Å². The van der Waals surface area contributed by atoms with Gasteiger partial charge in [0.15, 0.2) is 5.78 Å². The standard InChI is InChI=1S/C8H10N2O/c11-7-2-3-9-5-6-1-4-10-8(6)7/h1,4,9-10H,2-3,5H2. The molecular weight excluding hydrogens is 140 g/mol. The first-order valence-corrected chi connectivity index (χ1v) is 3.78. The fourth-order valence-corrected chi connectivity index (χ4v) is 1.36. The molecule has 0 fully saturated rings. The Hall–Kier alpha value is -1.09. The number of carbonyl (C=O) groups excluding carboxylic acids is 1. The van der Waals surface area contributed by atoms with Crippen molar-refractivity contribution in [1.29, 1.82) is 0 Å². The molecule has 3 heteroatoms. The number of hydrogen-bond donors (Lipinski definition) is 2. The van der Waals surface area contributed by atoms with Crippen LogP contribution in [0.4, 0.5) is 0 Å². The van der Waals surface area contributed by atoms with Crippen LogP contribution in [0.5, 0.6) is 0 Å². The average molecular weight is 150 g/mol. The van der Waals surface area contributed by atoms with Gasteiger partial charge in [-0.05, 0) is 11.6 Å². The van der Waals surface area contributed by atoms with Gasteiger partial charge >= 0.3 is 0 Å². The summed E-state index contributed by atoms with van der Waals surface area (Å²) in [6, 6.07) is 1.95. The molecule has 0 saturated heterocycles. The molecule has 2 N–H and O–H groups in total. The maximum absolute atomic E-state index is 11.3. The van der Waals surface area contributed by atoms with E-state index in [0.717, 1.165) is 24.3 Å². The number of Topliss-reactive ketones (excluding diaryl/α,β-unsaturated/α-hetero) is 1. The molecule has 0 amide bonds. The summed E-state index contributed by atoms with van der Waals surface area (Å²) in [6.45, 7) is 1.60. The quantitative estimate of drug-likeness (QED) is 0.571. The minimum atomic E-state index is 0.218. The van der Waals surface area contributed by atoms with Crippen molar-refractivity contribution >= 4 is 5.78 Å². The summed E-state index contributed by atoms with van der Waals surface area (Å²) in [5, 5.41) is 3.18. The molecule has 0 bridgehead atoms. The molecule has 0 aliphatic carbocycles. The zero-order valence-corrected chi connectivity index (χ0v) is 6.18. The van der Waals surface area contributed by atoms with E-state index in [0.29, 0.717) is 6.42 Å². The summed E-state index contributed by atoms with van der Waals surface area (Å²) < 4.78 is 0. The van der Waals surface area contributed by atoms with Crippen LogP contribution in [0.15, 0.2) is 12.3 Å². The van der Waals surface area contributed by atoms with Gasteiger partial charge in [0.1, 0.15) is 0 Å². The normalized spacial score (nSPS) is 17.6. The van der Waals surface area contributed by atoms with E-state index in [1.54, 1.807) is 0 Å². The van der Waals surface area contributed by atoms with E-state index < -0.39 is 0 Å². The van der Waals surface area contributed by atoms with Gasteiger partial charge in [-0.15, -0.1) is 0 Å². The van der Waals surface area contributed by atoms with Gasteiger partial charge in [-0.3, -0.25) is 4.79 Å². The zero-order valence-electron chi connectivity index (χ0n) is 6.18. The SMILES string of the molecule is O=C1CCNCc2cc[nH]c21. The number of hydrogen-bond acceptors (Lipinski definition) is 2. The fourth-order valence-electron chi connectivity index (χ4n) is 1.36. The molecule has 0 unspecified atom stereocenters. The predicted molar refractivity (Wildman–Crippen MR) is 41.4 cm³/mol. The van der Waals surface area contributed by atoms with Gasteiger partial charge in [-0.1, -0.05) is 0 Å². The number of nitrogens with one attached hydrogen (secondary N) is 2. The lowest BCUT2D eigenvalue weighted by Crippen LogP contribution is -2.12. The van der Waals surface area contributed by atoms with Gasteiger partial charge in [-0.25, -0.2) is 0 Å². The van der Waals surface area contributed by atoms with E-state index in [2.05, 4.69) is 10.3 Å². The van der Waals surface area contributed by atoms with Crippen LogP contribution >= 0.6 is 0 Å². The van der Waals surface area contributed by atoms with Gasteiger partial charge in [0.25, 0.3) is 0 Å². The maximum atomic E-state index is 11.3. The molecule has 0 radical (unpaired) electrons. The van der Waals surface area contributed by atoms with Crippen LogP contribution < -0.4 is 5.32 Å². The molecule has 1 aliphatic rings. The summed E-state index contributed by atoms with van der Waals surface area (Å²) in [7, 11) is 0. The molecule has 1 aliphatic heterocycles. The topological polar surface area (TPSA) is 44.9 Å². The second-order valence-corrected chi connectivity index (χ2v) is 2.73. The lowest BCUT2D eigenvalue weighted by molar-refractivity contribution is 0.0981. The van der Waals surface area contributed by atoms with Crippen LogP contribution in [-0.4, -0.2) is 17.3 Å². The molecule has 0 atom stereocenters. The van der Waals surface area contributed by atoms with E-state index >= 15 is 0 Å². The Morgan fingerprint density at radius 2 is 2.36 bits per heavy atom. The Bertz CT molecular complexity index is 277. The van der Waals surface area contributed by atoms with Crippen molar-refractivity contribution in [2.75, 3.05) is 6.54 Å². The van der Waals surface area contributed by atoms with Crippen molar-refractivity contribution < 1.29 is 4.79 Å². The predicted octanol–water partition coefficient (Wildman–Crippen LogP) is 0.691. The Kier molecular flexibility index (Phi) is 1.51. The molecule has 2 heterocycles. The van der Waals surface area contributed by atoms with Gasteiger partial charge in [0.2, 0.25) is 0 Å². The molecule has 58 valence electrons. The van der Waals surface area contributed by atoms with Gasteiger partial charge < -0.3 is 10.3 Å². The van der Waals surface area contributed by atoms with Gasteiger partial charge in [0, 0.05) is 25.7 Å². The van der Waals surface area contributed by atoms with Crippen molar-refractivity contribution in [3.05, 3.63) is 23.5 Å². The third kappa shape index (κ3) is 1.07. The molecule has 2 rings (SSSR count). The molecule has 0 saturated carbocycles. The maximum Gasteiger partial charge on any atom is 0.180 e. The van der Waals surface area contributed by atoms with Crippen molar-refractivity contribution in [3.63, 3.8) is 0 Å². The van der Waals surface area contributed by atoms with E-state index in [-0.39, 0.29) is 5.78 Å². The van der Waals surface area contributed by atoms with Crippen LogP contribution in [-0.2, 0) is 6.54 Å². The molecule has 0 aromatic carbocycles. The summed E-state index contributed by atoms with van der Waals surface area (Å²) >= 11 is 0. The van der Waals surface area contributed by atoms with Crippen LogP contribution in [0.2, 0.25) is 0 Å². The average Bonchev–Trinajstić information content (AvgIpc) is 2.40. The van der Waals surface area contributed by atoms with Crippen LogP contribution in [0, 0.1) is 0 Å². The first-order chi connectivity index (χ1) is 5.38. The lowest BCUT2D eigenvalue weighted by atomic mass is 10.2. The van der Waals surface area contributed by atoms with Crippen molar-refractivity contribution in [2.45, 2.75) is 13.0 Å². The third-order valence-electron chi connectivity index (χ3n) is 1.96. The van der Waals surface area contributed by atoms with Crippen LogP contribution in [0.3, 0.4) is 0 Å². The number of ketones is 1. The second-order valence-electron chi connectivity index (χ2n) is 2.73. The summed E-state index contributed by atoms with van der Waals surface area (Å²) in [5.41, 5.74) is 1.88. The van der Waals surface area contributed by atoms with Crippen molar-refractivity contribution in [2.24, 2.45) is 0 Å². The van der Waals surface area contributed by atoms with Crippen LogP contribution in [0.25, 0.3) is 0 Å². The van der Waals surface area contributed by atoms with Gasteiger partial charge in [0.05, 0.1) is 5.69 Å². The minimum Gasteiger partial charge on any atom is -0.359 e. The highest BCUT2D eigenvalue weighted by Crippen LogP contribution is 2.11. The third-order valence-corrected chi connectivity index (χ3v) is 1.96. The Labute approximate surface area is 64.8 Å². The zero-order chi connectivity index (χ0) is 7.68. The Morgan fingerprint density at radius 1 is 1.45 bits per heavy atom. The number of aromatic nitrogens is 1. The number of carbonyl (C=O) groups is 1. The van der Waals surface area contributed by atoms with E-state index in [4.69, 9.17) is 0 Å². The van der Waals surface area contributed by atoms with Crippen molar-refractivity contribution in [3.8, 4) is 0 Å². The molecule has 3 nitrogen and oxygen atoms in total. The highest BCUT2D eigenvalue weighted by atomic mass is 16.1. The monoisotopic (exact) mass is 150 g/mol. The molecule has 11 heavy (non-hydrogen) atoms. The number of rotatable bonds is 0. The molecule has 1 aromatic heterocycles. The van der Waals surface area contributed by atoms with Crippen molar-refractivity contribution in [1.82, 2.24) is 10.3 Å². The Morgan fingerprint density at radius 3 is 3.27 bits per heavy atom. The summed E-state index contributed by atoms with van der Waals surface area (Å²) in [5.74, 6) is 0.218. The number of H-pyrrole nitrogens is 1. The van der Waals surface area contributed by atoms with E-state index in [9.17, 15) is 4.79 Å². The first-order valence-electron chi connectivity index (χ1n) is 3.78. The molecule has 0 spiro atoms.